The normalized spacial score (nSPS) is 23.6. The van der Waals surface area contributed by atoms with Crippen molar-refractivity contribution in [3.05, 3.63) is 34.3 Å². The fourth-order valence-electron chi connectivity index (χ4n) is 2.43. The summed E-state index contributed by atoms with van der Waals surface area (Å²) in [5.74, 6) is -1.77. The van der Waals surface area contributed by atoms with Gasteiger partial charge in [-0.15, -0.1) is 0 Å². The molecule has 0 amide bonds. The number of benzene rings is 1. The fraction of sp³-hybridized carbons (Fsp3) is 0.385. The second-order valence-electron chi connectivity index (χ2n) is 4.36. The van der Waals surface area contributed by atoms with Gasteiger partial charge in [-0.3, -0.25) is 9.59 Å². The maximum absolute atomic E-state index is 12.2. The Morgan fingerprint density at radius 2 is 1.94 bits per heavy atom. The molecule has 1 aliphatic carbocycles. The number of carboxylic acids is 1. The Bertz CT molecular complexity index is 456. The quantitative estimate of drug-likeness (QED) is 0.872. The van der Waals surface area contributed by atoms with Crippen molar-refractivity contribution < 1.29 is 14.7 Å². The Balaban J connectivity index is 2.23. The molecule has 0 aromatic heterocycles. The van der Waals surface area contributed by atoms with Crippen LogP contribution >= 0.6 is 15.9 Å². The third-order valence-electron chi connectivity index (χ3n) is 3.28. The molecule has 3 nitrogen and oxygen atoms in total. The molecule has 0 aliphatic heterocycles. The molecule has 2 rings (SSSR count). The highest BCUT2D eigenvalue weighted by Crippen LogP contribution is 2.34. The lowest BCUT2D eigenvalue weighted by Gasteiger charge is -2.14. The van der Waals surface area contributed by atoms with Gasteiger partial charge in [0.05, 0.1) is 5.92 Å². The lowest BCUT2D eigenvalue weighted by Crippen LogP contribution is -2.25. The Morgan fingerprint density at radius 3 is 2.59 bits per heavy atom. The number of aliphatic carboxylic acids is 1. The van der Waals surface area contributed by atoms with Crippen LogP contribution in [0.5, 0.6) is 0 Å². The largest absolute Gasteiger partial charge is 0.481 e. The second kappa shape index (κ2) is 5.00. The number of hydrogen-bond donors (Lipinski definition) is 1. The number of carboxylic acid groups (broad SMARTS) is 1. The molecule has 90 valence electrons. The molecule has 4 heteroatoms. The van der Waals surface area contributed by atoms with E-state index in [9.17, 15) is 9.59 Å². The van der Waals surface area contributed by atoms with Crippen molar-refractivity contribution in [1.82, 2.24) is 0 Å². The van der Waals surface area contributed by atoms with Gasteiger partial charge in [0.25, 0.3) is 0 Å². The van der Waals surface area contributed by atoms with Gasteiger partial charge in [0.2, 0.25) is 0 Å². The average molecular weight is 297 g/mol. The highest BCUT2D eigenvalue weighted by Gasteiger charge is 2.37. The van der Waals surface area contributed by atoms with Crippen LogP contribution in [-0.4, -0.2) is 16.9 Å². The van der Waals surface area contributed by atoms with Crippen molar-refractivity contribution in [3.8, 4) is 0 Å². The first-order valence-corrected chi connectivity index (χ1v) is 6.41. The molecule has 0 spiro atoms. The van der Waals surface area contributed by atoms with Crippen molar-refractivity contribution >= 4 is 27.7 Å². The molecular formula is C13H13BrO3. The maximum Gasteiger partial charge on any atom is 0.307 e. The van der Waals surface area contributed by atoms with Crippen LogP contribution in [0.4, 0.5) is 0 Å². The van der Waals surface area contributed by atoms with Crippen molar-refractivity contribution in [1.29, 1.82) is 0 Å². The molecule has 0 bridgehead atoms. The van der Waals surface area contributed by atoms with Crippen LogP contribution in [0.15, 0.2) is 28.7 Å². The van der Waals surface area contributed by atoms with Gasteiger partial charge in [-0.25, -0.2) is 0 Å². The zero-order valence-electron chi connectivity index (χ0n) is 9.23. The zero-order valence-corrected chi connectivity index (χ0v) is 10.8. The summed E-state index contributed by atoms with van der Waals surface area (Å²) < 4.78 is 0.841. The number of hydrogen-bond acceptors (Lipinski definition) is 2. The van der Waals surface area contributed by atoms with Crippen LogP contribution in [0.3, 0.4) is 0 Å². The molecular weight excluding hydrogens is 284 g/mol. The van der Waals surface area contributed by atoms with Gasteiger partial charge in [0.15, 0.2) is 5.78 Å². The summed E-state index contributed by atoms with van der Waals surface area (Å²) in [4.78, 5) is 23.3. The van der Waals surface area contributed by atoms with Crippen molar-refractivity contribution in [2.24, 2.45) is 11.8 Å². The number of Topliss-reactive ketones (excluding diaryl/α,β-unsaturated/α-hetero) is 1. The number of carbonyl (C=O) groups is 2. The molecule has 2 unspecified atom stereocenters. The van der Waals surface area contributed by atoms with Crippen molar-refractivity contribution in [2.75, 3.05) is 0 Å². The van der Waals surface area contributed by atoms with Crippen LogP contribution in [0.1, 0.15) is 29.6 Å². The minimum Gasteiger partial charge on any atom is -0.481 e. The molecule has 2 atom stereocenters. The van der Waals surface area contributed by atoms with Crippen LogP contribution in [0, 0.1) is 11.8 Å². The van der Waals surface area contributed by atoms with Crippen LogP contribution in [0.25, 0.3) is 0 Å². The molecule has 0 radical (unpaired) electrons. The Labute approximate surface area is 108 Å². The van der Waals surface area contributed by atoms with Crippen molar-refractivity contribution in [3.63, 3.8) is 0 Å². The summed E-state index contributed by atoms with van der Waals surface area (Å²) in [6, 6.07) is 7.13. The smallest absolute Gasteiger partial charge is 0.307 e. The van der Waals surface area contributed by atoms with Gasteiger partial charge in [0, 0.05) is 16.0 Å². The van der Waals surface area contributed by atoms with Gasteiger partial charge >= 0.3 is 5.97 Å². The summed E-state index contributed by atoms with van der Waals surface area (Å²) >= 11 is 3.31. The van der Waals surface area contributed by atoms with E-state index in [0.29, 0.717) is 18.4 Å². The molecule has 1 aromatic carbocycles. The zero-order chi connectivity index (χ0) is 12.4. The van der Waals surface area contributed by atoms with Gasteiger partial charge in [-0.2, -0.15) is 0 Å². The number of carbonyl (C=O) groups excluding carboxylic acids is 1. The number of rotatable bonds is 3. The molecule has 17 heavy (non-hydrogen) atoms. The van der Waals surface area contributed by atoms with Gasteiger partial charge in [-0.1, -0.05) is 34.5 Å². The second-order valence-corrected chi connectivity index (χ2v) is 5.27. The lowest BCUT2D eigenvalue weighted by atomic mass is 9.88. The first kappa shape index (κ1) is 12.3. The molecule has 1 saturated carbocycles. The Kier molecular flexibility index (Phi) is 3.62. The standard InChI is InChI=1S/C13H13BrO3/c14-9-4-1-3-8(7-9)12(15)10-5-2-6-11(10)13(16)17/h1,3-4,7,10-11H,2,5-6H2,(H,16,17). The summed E-state index contributed by atoms with van der Waals surface area (Å²) in [6.07, 6.45) is 2.11. The van der Waals surface area contributed by atoms with E-state index in [1.165, 1.54) is 0 Å². The fourth-order valence-corrected chi connectivity index (χ4v) is 2.82. The van der Waals surface area contributed by atoms with Gasteiger partial charge < -0.3 is 5.11 Å². The van der Waals surface area contributed by atoms with E-state index < -0.39 is 11.9 Å². The predicted octanol–water partition coefficient (Wildman–Crippen LogP) is 3.13. The first-order valence-electron chi connectivity index (χ1n) is 5.62. The van der Waals surface area contributed by atoms with E-state index in [-0.39, 0.29) is 11.7 Å². The summed E-state index contributed by atoms with van der Waals surface area (Å²) in [5, 5.41) is 9.07. The third kappa shape index (κ3) is 2.57. The minimum absolute atomic E-state index is 0.0452. The number of ketones is 1. The van der Waals surface area contributed by atoms with E-state index in [2.05, 4.69) is 15.9 Å². The first-order chi connectivity index (χ1) is 8.09. The molecule has 0 heterocycles. The molecule has 1 aliphatic rings. The Morgan fingerprint density at radius 1 is 1.24 bits per heavy atom. The van der Waals surface area contributed by atoms with Gasteiger partial charge in [0.1, 0.15) is 0 Å². The Hall–Kier alpha value is -1.16. The van der Waals surface area contributed by atoms with Crippen molar-refractivity contribution in [2.45, 2.75) is 19.3 Å². The summed E-state index contributed by atoms with van der Waals surface area (Å²) in [6.45, 7) is 0. The van der Waals surface area contributed by atoms with E-state index in [1.807, 2.05) is 6.07 Å². The van der Waals surface area contributed by atoms with Crippen LogP contribution < -0.4 is 0 Å². The summed E-state index contributed by atoms with van der Waals surface area (Å²) in [7, 11) is 0. The van der Waals surface area contributed by atoms with E-state index in [4.69, 9.17) is 5.11 Å². The molecule has 0 saturated heterocycles. The number of halogens is 1. The minimum atomic E-state index is -0.851. The maximum atomic E-state index is 12.2. The molecule has 1 aromatic rings. The molecule has 1 fully saturated rings. The highest BCUT2D eigenvalue weighted by molar-refractivity contribution is 9.10. The average Bonchev–Trinajstić information content (AvgIpc) is 2.77. The topological polar surface area (TPSA) is 54.4 Å². The van der Waals surface area contributed by atoms with Crippen LogP contribution in [-0.2, 0) is 4.79 Å². The molecule has 1 N–H and O–H groups in total. The SMILES string of the molecule is O=C(O)C1CCCC1C(=O)c1cccc(Br)c1. The van der Waals surface area contributed by atoms with E-state index in [0.717, 1.165) is 10.9 Å². The lowest BCUT2D eigenvalue weighted by molar-refractivity contribution is -0.142. The van der Waals surface area contributed by atoms with E-state index >= 15 is 0 Å². The highest BCUT2D eigenvalue weighted by atomic mass is 79.9. The monoisotopic (exact) mass is 296 g/mol. The predicted molar refractivity (Wildman–Crippen MR) is 66.9 cm³/mol. The van der Waals surface area contributed by atoms with E-state index in [1.54, 1.807) is 18.2 Å². The van der Waals surface area contributed by atoms with Gasteiger partial charge in [-0.05, 0) is 25.0 Å². The summed E-state index contributed by atoms with van der Waals surface area (Å²) in [5.41, 5.74) is 0.595. The third-order valence-corrected chi connectivity index (χ3v) is 3.77. The van der Waals surface area contributed by atoms with Crippen LogP contribution in [0.2, 0.25) is 0 Å².